The molecule has 1 fully saturated rings. The molecular weight excluding hydrogens is 328 g/mol. The first kappa shape index (κ1) is 19.7. The highest BCUT2D eigenvalue weighted by Crippen LogP contribution is 2.40. The molecule has 5 heteroatoms. The Hall–Kier alpha value is -1.62. The molecule has 1 aromatic carbocycles. The molecule has 1 aromatic rings. The predicted octanol–water partition coefficient (Wildman–Crippen LogP) is 5.41. The van der Waals surface area contributed by atoms with Gasteiger partial charge in [-0.15, -0.1) is 0 Å². The van der Waals surface area contributed by atoms with E-state index in [1.165, 1.54) is 0 Å². The van der Waals surface area contributed by atoms with E-state index in [1.54, 1.807) is 9.47 Å². The molecule has 0 saturated carbocycles. The Morgan fingerprint density at radius 3 is 1.80 bits per heavy atom. The standard InChI is InChI=1S/C20H32N2O2Si/c1-6-14-25(15-7-2,16-8-3)22-18(23)20(4,5)21(19(22)24)17-12-10-9-11-13-17/h9-13H,6-8,14-16H2,1-5H3. The molecule has 0 radical (unpaired) electrons. The third-order valence-corrected chi connectivity index (χ3v) is 10.9. The first-order chi connectivity index (χ1) is 11.9. The summed E-state index contributed by atoms with van der Waals surface area (Å²) in [7, 11) is -2.16. The minimum Gasteiger partial charge on any atom is -0.291 e. The maximum atomic E-state index is 13.5. The van der Waals surface area contributed by atoms with Crippen LogP contribution in [0, 0.1) is 0 Å². The molecule has 0 spiro atoms. The highest BCUT2D eigenvalue weighted by Gasteiger charge is 2.58. The zero-order valence-electron chi connectivity index (χ0n) is 16.3. The number of imide groups is 1. The molecule has 4 nitrogen and oxygen atoms in total. The topological polar surface area (TPSA) is 40.6 Å². The van der Waals surface area contributed by atoms with Crippen molar-refractivity contribution < 1.29 is 9.59 Å². The molecule has 1 saturated heterocycles. The van der Waals surface area contributed by atoms with Gasteiger partial charge >= 0.3 is 6.03 Å². The van der Waals surface area contributed by atoms with Crippen LogP contribution in [0.15, 0.2) is 30.3 Å². The average molecular weight is 361 g/mol. The number of carbonyl (C=O) groups is 2. The number of urea groups is 1. The second-order valence-electron chi connectivity index (χ2n) is 7.63. The van der Waals surface area contributed by atoms with Crippen molar-refractivity contribution in [2.75, 3.05) is 4.90 Å². The summed E-state index contributed by atoms with van der Waals surface area (Å²) >= 11 is 0. The number of rotatable bonds is 8. The smallest absolute Gasteiger partial charge is 0.291 e. The predicted molar refractivity (Wildman–Crippen MR) is 106 cm³/mol. The monoisotopic (exact) mass is 360 g/mol. The summed E-state index contributed by atoms with van der Waals surface area (Å²) in [6, 6.07) is 12.5. The lowest BCUT2D eigenvalue weighted by Crippen LogP contribution is -2.57. The highest BCUT2D eigenvalue weighted by atomic mass is 28.3. The van der Waals surface area contributed by atoms with Crippen molar-refractivity contribution in [3.8, 4) is 0 Å². The SMILES string of the molecule is CCC[Si](CCC)(CCC)N1C(=O)N(c2ccccc2)C(C)(C)C1=O. The summed E-state index contributed by atoms with van der Waals surface area (Å²) in [5.74, 6) is -0.0108. The first-order valence-corrected chi connectivity index (χ1v) is 12.2. The molecule has 3 amide bonds. The third kappa shape index (κ3) is 3.39. The molecule has 0 aliphatic carbocycles. The Morgan fingerprint density at radius 2 is 1.36 bits per heavy atom. The summed E-state index contributed by atoms with van der Waals surface area (Å²) < 4.78 is 1.75. The Morgan fingerprint density at radius 1 is 0.880 bits per heavy atom. The molecule has 25 heavy (non-hydrogen) atoms. The van der Waals surface area contributed by atoms with Gasteiger partial charge in [0.2, 0.25) is 5.91 Å². The van der Waals surface area contributed by atoms with Gasteiger partial charge < -0.3 is 0 Å². The van der Waals surface area contributed by atoms with Crippen LogP contribution in [0.25, 0.3) is 0 Å². The van der Waals surface area contributed by atoms with E-state index >= 15 is 0 Å². The van der Waals surface area contributed by atoms with Gasteiger partial charge in [-0.1, -0.05) is 58.2 Å². The summed E-state index contributed by atoms with van der Waals surface area (Å²) in [4.78, 5) is 28.6. The molecule has 0 N–H and O–H groups in total. The zero-order chi connectivity index (χ0) is 18.7. The van der Waals surface area contributed by atoms with E-state index in [0.29, 0.717) is 0 Å². The Bertz CT molecular complexity index is 598. The maximum Gasteiger partial charge on any atom is 0.324 e. The minimum atomic E-state index is -2.16. The van der Waals surface area contributed by atoms with Crippen molar-refractivity contribution in [2.24, 2.45) is 0 Å². The van der Waals surface area contributed by atoms with Crippen LogP contribution in [0.3, 0.4) is 0 Å². The molecular formula is C20H32N2O2Si. The number of nitrogens with zero attached hydrogens (tertiary/aromatic N) is 2. The van der Waals surface area contributed by atoms with Crippen LogP contribution in [0.2, 0.25) is 18.1 Å². The van der Waals surface area contributed by atoms with Crippen LogP contribution in [-0.4, -0.2) is 30.3 Å². The van der Waals surface area contributed by atoms with E-state index in [2.05, 4.69) is 20.8 Å². The lowest BCUT2D eigenvalue weighted by molar-refractivity contribution is -0.127. The Labute approximate surface area is 153 Å². The molecule has 0 bridgehead atoms. The fourth-order valence-electron chi connectivity index (χ4n) is 4.33. The molecule has 2 rings (SSSR count). The highest BCUT2D eigenvalue weighted by molar-refractivity contribution is 6.82. The number of carbonyl (C=O) groups excluding carboxylic acids is 2. The molecule has 138 valence electrons. The van der Waals surface area contributed by atoms with Crippen molar-refractivity contribution in [3.63, 3.8) is 0 Å². The maximum absolute atomic E-state index is 13.5. The first-order valence-electron chi connectivity index (χ1n) is 9.59. The summed E-state index contributed by atoms with van der Waals surface area (Å²) in [5, 5.41) is 0. The Kier molecular flexibility index (Phi) is 6.09. The van der Waals surface area contributed by atoms with Crippen LogP contribution in [-0.2, 0) is 4.79 Å². The number of para-hydroxylation sites is 1. The van der Waals surface area contributed by atoms with Gasteiger partial charge in [-0.3, -0.25) is 14.3 Å². The second-order valence-corrected chi connectivity index (χ2v) is 12.0. The molecule has 1 heterocycles. The number of anilines is 1. The average Bonchev–Trinajstić information content (AvgIpc) is 2.74. The second kappa shape index (κ2) is 7.73. The van der Waals surface area contributed by atoms with E-state index in [9.17, 15) is 9.59 Å². The van der Waals surface area contributed by atoms with E-state index in [-0.39, 0.29) is 11.9 Å². The van der Waals surface area contributed by atoms with E-state index in [0.717, 1.165) is 43.1 Å². The summed E-state index contributed by atoms with van der Waals surface area (Å²) in [6.45, 7) is 10.3. The van der Waals surface area contributed by atoms with Crippen molar-refractivity contribution >= 4 is 25.9 Å². The largest absolute Gasteiger partial charge is 0.324 e. The van der Waals surface area contributed by atoms with Gasteiger partial charge in [0, 0.05) is 5.69 Å². The molecule has 1 aliphatic rings. The fourth-order valence-corrected chi connectivity index (χ4v) is 9.75. The number of benzene rings is 1. The van der Waals surface area contributed by atoms with E-state index in [4.69, 9.17) is 0 Å². The third-order valence-electron chi connectivity index (χ3n) is 5.30. The number of hydrogen-bond donors (Lipinski definition) is 0. The minimum absolute atomic E-state index is 0.0108. The van der Waals surface area contributed by atoms with Crippen LogP contribution >= 0.6 is 0 Å². The fraction of sp³-hybridized carbons (Fsp3) is 0.600. The van der Waals surface area contributed by atoms with Crippen LogP contribution in [0.1, 0.15) is 53.9 Å². The van der Waals surface area contributed by atoms with Gasteiger partial charge in [0.15, 0.2) is 8.24 Å². The number of hydrogen-bond acceptors (Lipinski definition) is 2. The quantitative estimate of drug-likeness (QED) is 0.459. The van der Waals surface area contributed by atoms with Crippen LogP contribution in [0.4, 0.5) is 10.5 Å². The van der Waals surface area contributed by atoms with Crippen molar-refractivity contribution in [1.29, 1.82) is 0 Å². The van der Waals surface area contributed by atoms with E-state index < -0.39 is 13.8 Å². The molecule has 0 unspecified atom stereocenters. The van der Waals surface area contributed by atoms with E-state index in [1.807, 2.05) is 44.2 Å². The lowest BCUT2D eigenvalue weighted by Gasteiger charge is -2.38. The van der Waals surface area contributed by atoms with Crippen LogP contribution < -0.4 is 4.90 Å². The van der Waals surface area contributed by atoms with Gasteiger partial charge in [0.25, 0.3) is 0 Å². The molecule has 1 aliphatic heterocycles. The van der Waals surface area contributed by atoms with Crippen molar-refractivity contribution in [2.45, 2.75) is 77.6 Å². The zero-order valence-corrected chi connectivity index (χ0v) is 17.3. The molecule has 0 aromatic heterocycles. The Balaban J connectivity index is 2.53. The van der Waals surface area contributed by atoms with Crippen LogP contribution in [0.5, 0.6) is 0 Å². The van der Waals surface area contributed by atoms with Gasteiger partial charge in [0.1, 0.15) is 5.54 Å². The number of amides is 3. The van der Waals surface area contributed by atoms with Gasteiger partial charge in [-0.05, 0) is 44.1 Å². The van der Waals surface area contributed by atoms with Gasteiger partial charge in [0.05, 0.1) is 0 Å². The summed E-state index contributed by atoms with van der Waals surface area (Å²) in [5.41, 5.74) is -0.0212. The molecule has 0 atom stereocenters. The van der Waals surface area contributed by atoms with Gasteiger partial charge in [-0.2, -0.15) is 0 Å². The lowest BCUT2D eigenvalue weighted by atomic mass is 10.0. The van der Waals surface area contributed by atoms with Gasteiger partial charge in [-0.25, -0.2) is 4.79 Å². The normalized spacial score (nSPS) is 17.5. The summed E-state index contributed by atoms with van der Waals surface area (Å²) in [6.07, 6.45) is 3.07. The van der Waals surface area contributed by atoms with Crippen molar-refractivity contribution in [1.82, 2.24) is 4.57 Å². The van der Waals surface area contributed by atoms with Crippen molar-refractivity contribution in [3.05, 3.63) is 30.3 Å².